The Kier molecular flexibility index (Phi) is 6.90. The van der Waals surface area contributed by atoms with Crippen LogP contribution in [0.5, 0.6) is 0 Å². The van der Waals surface area contributed by atoms with E-state index >= 15 is 0 Å². The van der Waals surface area contributed by atoms with Crippen LogP contribution in [0, 0.1) is 15.6 Å². The zero-order chi connectivity index (χ0) is 17.2. The van der Waals surface area contributed by atoms with Crippen molar-refractivity contribution in [2.75, 3.05) is 10.6 Å². The fraction of sp³-hybridized carbons (Fsp3) is 0.182. The van der Waals surface area contributed by atoms with Gasteiger partial charge in [-0.2, -0.15) is 0 Å². The van der Waals surface area contributed by atoms with Gasteiger partial charge < -0.3 is 10.6 Å². The van der Waals surface area contributed by atoms with Crippen LogP contribution in [0.1, 0.15) is 24.2 Å². The Morgan fingerprint density at radius 1 is 0.909 bits per heavy atom. The Morgan fingerprint density at radius 3 is 1.55 bits per heavy atom. The topological polar surface area (TPSA) is 116 Å². The number of carbonyl (C=O) groups excluding carboxylic acids is 3. The summed E-state index contributed by atoms with van der Waals surface area (Å²) < 4.78 is 1.08. The lowest BCUT2D eigenvalue weighted by Gasteiger charge is -2.16. The van der Waals surface area contributed by atoms with E-state index in [0.717, 1.165) is 0 Å². The molecule has 0 aliphatic carbocycles. The Bertz CT molecular complexity index is 662. The lowest BCUT2D eigenvalue weighted by Crippen LogP contribution is -2.22. The number of nitrogens with one attached hydrogen (secondary N) is 2. The average molecular weight is 644 g/mol. The molecule has 118 valence electrons. The third kappa shape index (κ3) is 4.24. The summed E-state index contributed by atoms with van der Waals surface area (Å²) in [6.45, 7) is 2.57. The second kappa shape index (κ2) is 7.80. The quantitative estimate of drug-likeness (QED) is 0.266. The first kappa shape index (κ1) is 19.5. The SMILES string of the molecule is CC(=O)Nc1c(I)c(NC(C)=O)c(I)c(C(=O)[N+](=O)O)c1I. The van der Waals surface area contributed by atoms with E-state index < -0.39 is 10.8 Å². The van der Waals surface area contributed by atoms with Crippen molar-refractivity contribution in [3.8, 4) is 0 Å². The lowest BCUT2D eigenvalue weighted by molar-refractivity contribution is -0.714. The molecule has 0 spiro atoms. The van der Waals surface area contributed by atoms with E-state index in [0.29, 0.717) is 3.57 Å². The number of carbonyl (C=O) groups is 3. The molecule has 0 aliphatic rings. The average Bonchev–Trinajstić information content (AvgIpc) is 2.39. The number of rotatable bonds is 3. The van der Waals surface area contributed by atoms with Crippen molar-refractivity contribution in [1.29, 1.82) is 0 Å². The molecule has 0 saturated carbocycles. The molecule has 1 aromatic rings. The van der Waals surface area contributed by atoms with Crippen LogP contribution < -0.4 is 10.6 Å². The minimum atomic E-state index is -1.19. The maximum Gasteiger partial charge on any atom is 0.524 e. The molecule has 22 heavy (non-hydrogen) atoms. The number of amides is 3. The van der Waals surface area contributed by atoms with Gasteiger partial charge in [-0.05, 0) is 67.8 Å². The van der Waals surface area contributed by atoms with Gasteiger partial charge in [-0.15, -0.1) is 0 Å². The van der Waals surface area contributed by atoms with Gasteiger partial charge in [0.15, 0.2) is 0 Å². The number of anilines is 2. The number of halogens is 3. The van der Waals surface area contributed by atoms with Crippen LogP contribution >= 0.6 is 67.8 Å². The molecule has 0 aliphatic heterocycles. The van der Waals surface area contributed by atoms with Crippen LogP contribution in [-0.2, 0) is 9.59 Å². The minimum absolute atomic E-state index is 0.105. The smallest absolute Gasteiger partial charge is 0.324 e. The summed E-state index contributed by atoms with van der Waals surface area (Å²) in [4.78, 5) is 44.7. The van der Waals surface area contributed by atoms with E-state index in [9.17, 15) is 19.3 Å². The summed E-state index contributed by atoms with van der Waals surface area (Å²) in [6, 6.07) is 0. The Hall–Kier alpha value is -0.580. The van der Waals surface area contributed by atoms with Gasteiger partial charge in [0.1, 0.15) is 5.56 Å². The van der Waals surface area contributed by atoms with Crippen LogP contribution in [0.2, 0.25) is 0 Å². The highest BCUT2D eigenvalue weighted by Crippen LogP contribution is 2.39. The molecule has 0 atom stereocenters. The van der Waals surface area contributed by atoms with Gasteiger partial charge in [0.2, 0.25) is 11.8 Å². The molecule has 0 bridgehead atoms. The molecule has 0 radical (unpaired) electrons. The zero-order valence-electron chi connectivity index (χ0n) is 11.2. The maximum absolute atomic E-state index is 11.9. The molecule has 3 amide bonds. The Labute approximate surface area is 165 Å². The number of benzene rings is 1. The highest BCUT2D eigenvalue weighted by molar-refractivity contribution is 14.1. The van der Waals surface area contributed by atoms with Crippen molar-refractivity contribution in [3.63, 3.8) is 0 Å². The predicted octanol–water partition coefficient (Wildman–Crippen LogP) is 2.73. The van der Waals surface area contributed by atoms with Gasteiger partial charge in [0.25, 0.3) is 0 Å². The van der Waals surface area contributed by atoms with Crippen molar-refractivity contribution in [2.24, 2.45) is 0 Å². The van der Waals surface area contributed by atoms with Gasteiger partial charge in [0, 0.05) is 13.8 Å². The van der Waals surface area contributed by atoms with E-state index in [2.05, 4.69) is 10.6 Å². The summed E-state index contributed by atoms with van der Waals surface area (Å²) in [6.07, 6.45) is 0. The van der Waals surface area contributed by atoms with Gasteiger partial charge in [-0.3, -0.25) is 9.59 Å². The van der Waals surface area contributed by atoms with Crippen LogP contribution in [-0.4, -0.2) is 27.9 Å². The lowest BCUT2D eigenvalue weighted by atomic mass is 10.1. The molecule has 0 saturated heterocycles. The second-order valence-electron chi connectivity index (χ2n) is 4.01. The summed E-state index contributed by atoms with van der Waals surface area (Å²) in [5.74, 6) is -1.96. The molecule has 1 rings (SSSR count). The van der Waals surface area contributed by atoms with Crippen LogP contribution in [0.25, 0.3) is 0 Å². The zero-order valence-corrected chi connectivity index (χ0v) is 17.6. The molecule has 11 heteroatoms. The van der Waals surface area contributed by atoms with Crippen molar-refractivity contribution < 1.29 is 24.5 Å². The van der Waals surface area contributed by atoms with Gasteiger partial charge >= 0.3 is 10.8 Å². The third-order valence-corrected chi connectivity index (χ3v) is 5.54. The van der Waals surface area contributed by atoms with Crippen molar-refractivity contribution in [2.45, 2.75) is 13.8 Å². The number of hydrogen-bond acceptors (Lipinski definition) is 4. The summed E-state index contributed by atoms with van der Waals surface area (Å²) >= 11 is 5.49. The summed E-state index contributed by atoms with van der Waals surface area (Å²) in [7, 11) is 0. The molecule has 8 nitrogen and oxygen atoms in total. The van der Waals surface area contributed by atoms with Crippen LogP contribution in [0.4, 0.5) is 11.4 Å². The molecule has 0 fully saturated rings. The maximum atomic E-state index is 11.9. The van der Waals surface area contributed by atoms with E-state index in [4.69, 9.17) is 5.21 Å². The molecular weight excluding hydrogens is 635 g/mol. The normalized spacial score (nSPS) is 10.0. The van der Waals surface area contributed by atoms with Crippen molar-refractivity contribution in [1.82, 2.24) is 0 Å². The Morgan fingerprint density at radius 2 is 1.27 bits per heavy atom. The monoisotopic (exact) mass is 644 g/mol. The van der Waals surface area contributed by atoms with Gasteiger partial charge in [-0.25, -0.2) is 10.0 Å². The first-order valence-corrected chi connectivity index (χ1v) is 8.77. The molecule has 0 aromatic heterocycles. The van der Waals surface area contributed by atoms with E-state index in [1.54, 1.807) is 45.2 Å². The third-order valence-electron chi connectivity index (χ3n) is 2.31. The predicted molar refractivity (Wildman–Crippen MR) is 103 cm³/mol. The highest BCUT2D eigenvalue weighted by atomic mass is 127. The van der Waals surface area contributed by atoms with E-state index in [1.807, 2.05) is 22.6 Å². The highest BCUT2D eigenvalue weighted by Gasteiger charge is 2.34. The van der Waals surface area contributed by atoms with E-state index in [1.165, 1.54) is 13.8 Å². The number of nitrogens with zero attached hydrogens (tertiary/aromatic N) is 1. The van der Waals surface area contributed by atoms with Crippen LogP contribution in [0.15, 0.2) is 0 Å². The Balaban J connectivity index is 3.76. The largest absolute Gasteiger partial charge is 0.524 e. The fourth-order valence-corrected chi connectivity index (χ4v) is 5.69. The van der Waals surface area contributed by atoms with Gasteiger partial charge in [-0.1, -0.05) is 0 Å². The fourth-order valence-electron chi connectivity index (χ4n) is 1.52. The second-order valence-corrected chi connectivity index (χ2v) is 7.24. The summed E-state index contributed by atoms with van der Waals surface area (Å²) in [5.41, 5.74) is 0.456. The van der Waals surface area contributed by atoms with Gasteiger partial charge in [0.05, 0.1) is 27.0 Å². The first-order valence-electron chi connectivity index (χ1n) is 5.54. The molecular formula is C11H9I3N3O5+. The molecule has 0 unspecified atom stereocenters. The first-order chi connectivity index (χ1) is 10.1. The summed E-state index contributed by atoms with van der Waals surface area (Å²) in [5, 5.41) is 14.0. The number of hydrogen-bond donors (Lipinski definition) is 3. The van der Waals surface area contributed by atoms with E-state index in [-0.39, 0.29) is 35.9 Å². The molecule has 0 heterocycles. The molecule has 1 aromatic carbocycles. The van der Waals surface area contributed by atoms with Crippen molar-refractivity contribution >= 4 is 96.9 Å². The van der Waals surface area contributed by atoms with Crippen molar-refractivity contribution in [3.05, 3.63) is 21.2 Å². The van der Waals surface area contributed by atoms with Crippen LogP contribution in [0.3, 0.4) is 0 Å². The molecule has 3 N–H and O–H groups in total. The minimum Gasteiger partial charge on any atom is -0.324 e. The standard InChI is InChI=1S/C11H8I3N3O5/c1-3(18)15-9-6(12)5(11(20)17(21)22)7(13)10(8(9)14)16-4(2)19/h1-2H3,(H2-,15,16,18,19,21,22)/p+1.